The lowest BCUT2D eigenvalue weighted by Gasteiger charge is -2.36. The Morgan fingerprint density at radius 2 is 0.500 bits per heavy atom. The number of rotatable bonds is 12. The zero-order valence-corrected chi connectivity index (χ0v) is 28.9. The first-order valence-corrected chi connectivity index (χ1v) is 15.3. The van der Waals surface area contributed by atoms with Crippen LogP contribution in [0.5, 0.6) is 0 Å². The van der Waals surface area contributed by atoms with E-state index in [0.717, 1.165) is 0 Å². The third-order valence-corrected chi connectivity index (χ3v) is 5.71. The second-order valence-electron chi connectivity index (χ2n) is 9.36. The number of aliphatic hydroxyl groups excluding tert-OH is 5. The summed E-state index contributed by atoms with van der Waals surface area (Å²) in [6, 6.07) is 5.81. The van der Waals surface area contributed by atoms with Crippen molar-refractivity contribution in [3.63, 3.8) is 0 Å². The van der Waals surface area contributed by atoms with Gasteiger partial charge < -0.3 is 25.5 Å². The average molecular weight is 701 g/mol. The molecule has 0 atom stereocenters. The molecule has 0 heterocycles. The highest BCUT2D eigenvalue weighted by Crippen LogP contribution is 2.12. The lowest BCUT2D eigenvalue weighted by molar-refractivity contribution is -0.889. The van der Waals surface area contributed by atoms with E-state index in [0.29, 0.717) is 0 Å². The van der Waals surface area contributed by atoms with Gasteiger partial charge in [-0.25, -0.2) is 8.97 Å². The summed E-state index contributed by atoms with van der Waals surface area (Å²) in [6.07, 6.45) is 8.83. The van der Waals surface area contributed by atoms with Crippen molar-refractivity contribution in [1.82, 2.24) is 0 Å². The first-order valence-electron chi connectivity index (χ1n) is 15.3. The number of nitrogens with zero attached hydrogens (tertiary/aromatic N) is 2. The number of terminal acetylenes is 2. The summed E-state index contributed by atoms with van der Waals surface area (Å²) >= 11 is 0. The van der Waals surface area contributed by atoms with E-state index in [2.05, 4.69) is 202 Å². The van der Waals surface area contributed by atoms with Crippen molar-refractivity contribution in [3.05, 3.63) is 0 Å². The lowest BCUT2D eigenvalue weighted by Crippen LogP contribution is -2.57. The molecule has 0 rings (SSSR count). The smallest absolute Gasteiger partial charge is 0.154 e. The molecule has 0 aromatic heterocycles. The standard InChI is InChI=1S/C47H28N2O5/c1-3-5-7-9-11-13-15-17-19-21-23-25-27-29-31-33-35-48(37-41-50,38-42-51)45-47(54)46-49(39-43-52,40-44-53)36-34-32-30-28-26-24-22-20-18-16-14-12-10-8-6-4-2/h1-2,47,50-54H,37-46H2/q+2. The minimum Gasteiger partial charge on any atom is -0.390 e. The van der Waals surface area contributed by atoms with Gasteiger partial charge in [-0.3, -0.25) is 0 Å². The highest BCUT2D eigenvalue weighted by atomic mass is 16.3. The summed E-state index contributed by atoms with van der Waals surface area (Å²) in [7, 11) is 0. The number of quaternary nitrogens is 2. The molecule has 0 aliphatic carbocycles. The molecule has 0 aromatic rings. The summed E-state index contributed by atoms with van der Waals surface area (Å²) in [6.45, 7) is -0.949. The Morgan fingerprint density at radius 3 is 0.685 bits per heavy atom. The van der Waals surface area contributed by atoms with Gasteiger partial charge in [-0.2, -0.15) is 0 Å². The maximum absolute atomic E-state index is 11.2. The molecule has 54 heavy (non-hydrogen) atoms. The van der Waals surface area contributed by atoms with E-state index < -0.39 is 6.10 Å². The molecule has 0 saturated carbocycles. The van der Waals surface area contributed by atoms with Crippen molar-refractivity contribution >= 4 is 0 Å². The first-order chi connectivity index (χ1) is 26.5. The highest BCUT2D eigenvalue weighted by molar-refractivity contribution is 5.47. The molecule has 0 aromatic carbocycles. The van der Waals surface area contributed by atoms with Crippen LogP contribution in [0.15, 0.2) is 0 Å². The Hall–Kier alpha value is -8.20. The molecule has 0 aliphatic rings. The molecule has 0 bridgehead atoms. The van der Waals surface area contributed by atoms with Gasteiger partial charge in [0.25, 0.3) is 0 Å². The van der Waals surface area contributed by atoms with Crippen molar-refractivity contribution in [2.75, 3.05) is 65.7 Å². The van der Waals surface area contributed by atoms with Gasteiger partial charge in [-0.1, -0.05) is 0 Å². The van der Waals surface area contributed by atoms with Crippen molar-refractivity contribution in [1.29, 1.82) is 0 Å². The topological polar surface area (TPSA) is 101 Å². The second-order valence-corrected chi connectivity index (χ2v) is 9.36. The molecule has 5 N–H and O–H groups in total. The van der Waals surface area contributed by atoms with E-state index in [1.165, 1.54) is 0 Å². The molecule has 0 amide bonds. The van der Waals surface area contributed by atoms with Gasteiger partial charge in [-0.05, 0) is 94.7 Å². The minimum atomic E-state index is -1.10. The zero-order valence-electron chi connectivity index (χ0n) is 28.9. The monoisotopic (exact) mass is 700 g/mol. The maximum Gasteiger partial charge on any atom is 0.154 e. The molecular formula is C47H28N2O5+2. The van der Waals surface area contributed by atoms with E-state index in [1.807, 2.05) is 0 Å². The van der Waals surface area contributed by atoms with E-state index in [9.17, 15) is 25.5 Å². The SMILES string of the molecule is C#CC#CC#CC#CC#CC#CC#CC#CC#C[N+](CCO)(CCO)CC(O)C[N+](C#CC#CC#CC#CC#CC#CC#CC#CC#C)(CCO)CCO. The second kappa shape index (κ2) is 33.3. The third kappa shape index (κ3) is 25.8. The van der Waals surface area contributed by atoms with Gasteiger partial charge in [0.05, 0.1) is 38.3 Å². The molecule has 7 heteroatoms. The quantitative estimate of drug-likeness (QED) is 0.112. The fourth-order valence-electron chi connectivity index (χ4n) is 3.71. The van der Waals surface area contributed by atoms with Crippen LogP contribution in [0, 0.1) is 214 Å². The predicted octanol–water partition coefficient (Wildman–Crippen LogP) is -2.81. The fourth-order valence-corrected chi connectivity index (χ4v) is 3.71. The molecule has 0 aliphatic heterocycles. The summed E-state index contributed by atoms with van der Waals surface area (Å²) < 4.78 is -0.411. The van der Waals surface area contributed by atoms with E-state index in [1.54, 1.807) is 0 Å². The van der Waals surface area contributed by atoms with E-state index in [4.69, 9.17) is 12.8 Å². The van der Waals surface area contributed by atoms with Crippen molar-refractivity contribution < 1.29 is 34.5 Å². The molecule has 7 nitrogen and oxygen atoms in total. The van der Waals surface area contributed by atoms with Crippen LogP contribution >= 0.6 is 0 Å². The van der Waals surface area contributed by atoms with Crippen LogP contribution in [-0.2, 0) is 0 Å². The van der Waals surface area contributed by atoms with Crippen LogP contribution in [0.25, 0.3) is 0 Å². The van der Waals surface area contributed by atoms with Crippen molar-refractivity contribution in [3.8, 4) is 214 Å². The summed E-state index contributed by atoms with van der Waals surface area (Å²) in [4.78, 5) is 0. The largest absolute Gasteiger partial charge is 0.390 e. The Labute approximate surface area is 319 Å². The van der Waals surface area contributed by atoms with Crippen LogP contribution < -0.4 is 0 Å². The summed E-state index contributed by atoms with van der Waals surface area (Å²) in [5.41, 5.74) is 0. The molecular weight excluding hydrogens is 673 g/mol. The molecule has 0 saturated heterocycles. The normalized spacial score (nSPS) is 7.33. The maximum atomic E-state index is 11.2. The molecule has 0 radical (unpaired) electrons. The van der Waals surface area contributed by atoms with Crippen LogP contribution in [0.1, 0.15) is 0 Å². The van der Waals surface area contributed by atoms with Crippen molar-refractivity contribution in [2.24, 2.45) is 0 Å². The Morgan fingerprint density at radius 1 is 0.315 bits per heavy atom. The minimum absolute atomic E-state index is 0.0319. The van der Waals surface area contributed by atoms with Gasteiger partial charge in [-0.15, -0.1) is 12.8 Å². The average Bonchev–Trinajstić information content (AvgIpc) is 3.15. The van der Waals surface area contributed by atoms with E-state index in [-0.39, 0.29) is 74.7 Å². The third-order valence-electron chi connectivity index (χ3n) is 5.71. The molecule has 0 unspecified atom stereocenters. The van der Waals surface area contributed by atoms with Crippen LogP contribution in [0.3, 0.4) is 0 Å². The highest BCUT2D eigenvalue weighted by Gasteiger charge is 2.35. The number of hydrogen-bond acceptors (Lipinski definition) is 5. The lowest BCUT2D eigenvalue weighted by atomic mass is 10.2. The summed E-state index contributed by atoms with van der Waals surface area (Å²) in [5.74, 6) is 78.8. The van der Waals surface area contributed by atoms with Gasteiger partial charge in [0.15, 0.2) is 18.2 Å². The number of hydrogen-bond donors (Lipinski definition) is 5. The molecule has 0 fully saturated rings. The zero-order chi connectivity index (χ0) is 39.7. The van der Waals surface area contributed by atoms with Crippen LogP contribution in [0.2, 0.25) is 0 Å². The first kappa shape index (κ1) is 45.8. The number of aliphatic hydroxyl groups is 5. The Bertz CT molecular complexity index is 2310. The van der Waals surface area contributed by atoms with Gasteiger partial charge in [0.2, 0.25) is 0 Å². The van der Waals surface area contributed by atoms with E-state index >= 15 is 0 Å². The summed E-state index contributed by atoms with van der Waals surface area (Å²) in [5, 5.41) is 50.3. The van der Waals surface area contributed by atoms with Crippen LogP contribution in [0.4, 0.5) is 0 Å². The van der Waals surface area contributed by atoms with Gasteiger partial charge in [0, 0.05) is 82.9 Å². The van der Waals surface area contributed by atoms with Gasteiger partial charge in [0.1, 0.15) is 39.3 Å². The predicted molar refractivity (Wildman–Crippen MR) is 206 cm³/mol. The molecule has 254 valence electrons. The Balaban J connectivity index is 5.87. The fraction of sp³-hybridized carbons (Fsp3) is 0.234. The van der Waals surface area contributed by atoms with Gasteiger partial charge >= 0.3 is 0 Å². The Kier molecular flexibility index (Phi) is 28.2. The molecule has 0 spiro atoms. The van der Waals surface area contributed by atoms with Crippen molar-refractivity contribution in [2.45, 2.75) is 6.10 Å². The van der Waals surface area contributed by atoms with Crippen LogP contribution in [-0.4, -0.2) is 106 Å².